The monoisotopic (exact) mass is 410 g/mol. The number of carbonyl (C=O) groups excluding carboxylic acids is 2. The van der Waals surface area contributed by atoms with Crippen LogP contribution in [-0.2, 0) is 4.79 Å². The molecule has 0 unspecified atom stereocenters. The summed E-state index contributed by atoms with van der Waals surface area (Å²) in [7, 11) is 0. The molecule has 1 aliphatic rings. The van der Waals surface area contributed by atoms with Crippen molar-refractivity contribution in [1.82, 2.24) is 4.90 Å². The van der Waals surface area contributed by atoms with E-state index in [0.29, 0.717) is 30.4 Å². The summed E-state index contributed by atoms with van der Waals surface area (Å²) in [5.41, 5.74) is 0.262. The molecule has 3 rings (SSSR count). The van der Waals surface area contributed by atoms with Gasteiger partial charge >= 0.3 is 0 Å². The molecule has 6 nitrogen and oxygen atoms in total. The van der Waals surface area contributed by atoms with Crippen LogP contribution in [0.5, 0.6) is 11.5 Å². The van der Waals surface area contributed by atoms with E-state index >= 15 is 0 Å². The molecule has 0 spiro atoms. The average Bonchev–Trinajstić information content (AvgIpc) is 2.68. The summed E-state index contributed by atoms with van der Waals surface area (Å²) in [6.07, 6.45) is 0. The summed E-state index contributed by atoms with van der Waals surface area (Å²) in [5, 5.41) is 2.44. The number of carbonyl (C=O) groups is 2. The fraction of sp³-hybridized carbons (Fsp3) is 0.263. The summed E-state index contributed by atoms with van der Waals surface area (Å²) in [6, 6.07) is 6.40. The molecule has 28 heavy (non-hydrogen) atoms. The van der Waals surface area contributed by atoms with E-state index in [4.69, 9.17) is 21.1 Å². The fourth-order valence-electron chi connectivity index (χ4n) is 2.68. The van der Waals surface area contributed by atoms with Crippen molar-refractivity contribution >= 4 is 29.1 Å². The lowest BCUT2D eigenvalue weighted by Gasteiger charge is -2.22. The van der Waals surface area contributed by atoms with Crippen molar-refractivity contribution in [3.63, 3.8) is 0 Å². The smallest absolute Gasteiger partial charge is 0.255 e. The minimum absolute atomic E-state index is 0.169. The maximum absolute atomic E-state index is 13.5. The van der Waals surface area contributed by atoms with Gasteiger partial charge in [-0.1, -0.05) is 11.6 Å². The van der Waals surface area contributed by atoms with Gasteiger partial charge in [-0.25, -0.2) is 8.78 Å². The highest BCUT2D eigenvalue weighted by Gasteiger charge is 2.22. The molecule has 0 radical (unpaired) electrons. The molecule has 148 valence electrons. The molecule has 0 aromatic heterocycles. The third kappa shape index (κ3) is 4.33. The second-order valence-corrected chi connectivity index (χ2v) is 6.38. The molecule has 1 N–H and O–H groups in total. The van der Waals surface area contributed by atoms with Crippen LogP contribution >= 0.6 is 11.6 Å². The van der Waals surface area contributed by atoms with Crippen molar-refractivity contribution in [2.24, 2.45) is 0 Å². The Labute approximate surface area is 165 Å². The van der Waals surface area contributed by atoms with Gasteiger partial charge in [0, 0.05) is 18.3 Å². The number of hydrogen-bond donors (Lipinski definition) is 1. The van der Waals surface area contributed by atoms with Crippen molar-refractivity contribution in [2.45, 2.75) is 6.92 Å². The topological polar surface area (TPSA) is 67.9 Å². The first-order valence-corrected chi connectivity index (χ1v) is 8.90. The molecule has 1 heterocycles. The minimum atomic E-state index is -1.19. The normalized spacial score (nSPS) is 12.4. The molecule has 0 atom stereocenters. The summed E-state index contributed by atoms with van der Waals surface area (Å²) in [6.45, 7) is 2.40. The van der Waals surface area contributed by atoms with Crippen molar-refractivity contribution in [3.05, 3.63) is 52.6 Å². The maximum atomic E-state index is 13.5. The second kappa shape index (κ2) is 8.43. The van der Waals surface area contributed by atoms with Gasteiger partial charge in [-0.2, -0.15) is 0 Å². The summed E-state index contributed by atoms with van der Waals surface area (Å²) >= 11 is 5.85. The largest absolute Gasteiger partial charge is 0.486 e. The number of rotatable bonds is 5. The van der Waals surface area contributed by atoms with Gasteiger partial charge in [-0.3, -0.25) is 9.59 Å². The van der Waals surface area contributed by atoms with Crippen LogP contribution in [0.25, 0.3) is 0 Å². The molecule has 0 aliphatic carbocycles. The number of benzene rings is 2. The molecular weight excluding hydrogens is 394 g/mol. The van der Waals surface area contributed by atoms with Gasteiger partial charge in [0.2, 0.25) is 5.91 Å². The molecule has 0 saturated heterocycles. The Balaban J connectivity index is 1.69. The molecule has 9 heteroatoms. The average molecular weight is 411 g/mol. The van der Waals surface area contributed by atoms with E-state index < -0.39 is 23.4 Å². The highest BCUT2D eigenvalue weighted by molar-refractivity contribution is 6.33. The number of anilines is 1. The standard InChI is InChI=1S/C19H17ClF2N2O4/c1-2-24(19(26)12-8-14(21)15(22)9-13(12)20)10-18(25)23-11-3-4-16-17(7-11)28-6-5-27-16/h3-4,7-9H,2,5-6,10H2,1H3,(H,23,25). The van der Waals surface area contributed by atoms with Crippen LogP contribution in [-0.4, -0.2) is 43.0 Å². The van der Waals surface area contributed by atoms with Gasteiger partial charge in [0.25, 0.3) is 5.91 Å². The van der Waals surface area contributed by atoms with E-state index in [1.54, 1.807) is 25.1 Å². The van der Waals surface area contributed by atoms with Crippen LogP contribution in [0.3, 0.4) is 0 Å². The second-order valence-electron chi connectivity index (χ2n) is 5.97. The lowest BCUT2D eigenvalue weighted by molar-refractivity contribution is -0.116. The van der Waals surface area contributed by atoms with Crippen LogP contribution in [0.2, 0.25) is 5.02 Å². The molecule has 0 bridgehead atoms. The zero-order chi connectivity index (χ0) is 20.3. The van der Waals surface area contributed by atoms with Gasteiger partial charge in [-0.15, -0.1) is 0 Å². The van der Waals surface area contributed by atoms with Crippen LogP contribution in [0, 0.1) is 11.6 Å². The lowest BCUT2D eigenvalue weighted by Crippen LogP contribution is -2.38. The number of amides is 2. The van der Waals surface area contributed by atoms with Gasteiger partial charge in [0.1, 0.15) is 19.8 Å². The summed E-state index contributed by atoms with van der Waals surface area (Å²) < 4.78 is 37.6. The Morgan fingerprint density at radius 1 is 1.11 bits per heavy atom. The Hall–Kier alpha value is -2.87. The van der Waals surface area contributed by atoms with Gasteiger partial charge in [0.05, 0.1) is 10.6 Å². The van der Waals surface area contributed by atoms with Crippen molar-refractivity contribution in [1.29, 1.82) is 0 Å². The van der Waals surface area contributed by atoms with Crippen LogP contribution in [0.15, 0.2) is 30.3 Å². The van der Waals surface area contributed by atoms with Crippen molar-refractivity contribution in [3.8, 4) is 11.5 Å². The van der Waals surface area contributed by atoms with Gasteiger partial charge in [-0.05, 0) is 31.2 Å². The predicted molar refractivity (Wildman–Crippen MR) is 99.0 cm³/mol. The first-order valence-electron chi connectivity index (χ1n) is 8.52. The number of ether oxygens (including phenoxy) is 2. The maximum Gasteiger partial charge on any atom is 0.255 e. The Bertz CT molecular complexity index is 923. The molecule has 1 aliphatic heterocycles. The van der Waals surface area contributed by atoms with Crippen molar-refractivity contribution < 1.29 is 27.8 Å². The first-order chi connectivity index (χ1) is 13.4. The number of hydrogen-bond acceptors (Lipinski definition) is 4. The van der Waals surface area contributed by atoms with E-state index in [0.717, 1.165) is 12.1 Å². The van der Waals surface area contributed by atoms with E-state index in [9.17, 15) is 18.4 Å². The predicted octanol–water partition coefficient (Wildman–Crippen LogP) is 3.49. The minimum Gasteiger partial charge on any atom is -0.486 e. The van der Waals surface area contributed by atoms with E-state index in [1.807, 2.05) is 0 Å². The van der Waals surface area contributed by atoms with Crippen LogP contribution < -0.4 is 14.8 Å². The first kappa shape index (κ1) is 19.9. The number of nitrogens with one attached hydrogen (secondary N) is 1. The third-order valence-electron chi connectivity index (χ3n) is 4.07. The van der Waals surface area contributed by atoms with Gasteiger partial charge < -0.3 is 19.7 Å². The molecular formula is C19H17ClF2N2O4. The highest BCUT2D eigenvalue weighted by atomic mass is 35.5. The number of likely N-dealkylation sites (N-methyl/N-ethyl adjacent to an activating group) is 1. The van der Waals surface area contributed by atoms with E-state index in [2.05, 4.69) is 5.32 Å². The summed E-state index contributed by atoms with van der Waals surface area (Å²) in [5.74, 6) is -2.39. The van der Waals surface area contributed by atoms with E-state index in [1.165, 1.54) is 4.90 Å². The zero-order valence-electron chi connectivity index (χ0n) is 14.9. The van der Waals surface area contributed by atoms with Crippen LogP contribution in [0.1, 0.15) is 17.3 Å². The summed E-state index contributed by atoms with van der Waals surface area (Å²) in [4.78, 5) is 26.1. The fourth-order valence-corrected chi connectivity index (χ4v) is 2.91. The molecule has 2 amide bonds. The highest BCUT2D eigenvalue weighted by Crippen LogP contribution is 2.32. The number of nitrogens with zero attached hydrogens (tertiary/aromatic N) is 1. The molecule has 2 aromatic rings. The molecule has 0 saturated carbocycles. The number of halogens is 3. The SMILES string of the molecule is CCN(CC(=O)Nc1ccc2c(c1)OCCO2)C(=O)c1cc(F)c(F)cc1Cl. The Morgan fingerprint density at radius 3 is 2.50 bits per heavy atom. The Kier molecular flexibility index (Phi) is 5.99. The lowest BCUT2D eigenvalue weighted by atomic mass is 10.1. The van der Waals surface area contributed by atoms with Crippen molar-refractivity contribution in [2.75, 3.05) is 31.6 Å². The van der Waals surface area contributed by atoms with E-state index in [-0.39, 0.29) is 23.7 Å². The molecule has 0 fully saturated rings. The molecule has 2 aromatic carbocycles. The zero-order valence-corrected chi connectivity index (χ0v) is 15.7. The Morgan fingerprint density at radius 2 is 1.79 bits per heavy atom. The van der Waals surface area contributed by atoms with Crippen LogP contribution in [0.4, 0.5) is 14.5 Å². The third-order valence-corrected chi connectivity index (χ3v) is 4.38. The number of fused-ring (bicyclic) bond motifs is 1. The van der Waals surface area contributed by atoms with Gasteiger partial charge in [0.15, 0.2) is 23.1 Å². The quantitative estimate of drug-likeness (QED) is 0.766.